The van der Waals surface area contributed by atoms with E-state index in [2.05, 4.69) is 41.9 Å². The van der Waals surface area contributed by atoms with Crippen molar-refractivity contribution in [2.24, 2.45) is 50.3 Å². The molecule has 408 valence electrons. The van der Waals surface area contributed by atoms with Gasteiger partial charge in [-0.15, -0.1) is 0 Å². The van der Waals surface area contributed by atoms with E-state index in [-0.39, 0.29) is 88.8 Å². The lowest BCUT2D eigenvalue weighted by Gasteiger charge is -2.31. The molecule has 2 aromatic rings. The van der Waals surface area contributed by atoms with Gasteiger partial charge in [0.05, 0.1) is 6.42 Å². The molecule has 26 heteroatoms. The number of aliphatic carboxylic acids is 1. The SMILES string of the molecule is CC(C)C[C@H](NC(=O)[C@H](Cc1ccccc1)NC(=O)/C=C\C(=O)O)C(=O)N[C@@H](Cc1ccccc1)C(=O)N[C@@H](CCCN=C(N)N)C(=O)N1CCC[C@H]1C(=O)N[C@@H](CCCN=C(N)N)C(=O)N[C@@H](CC(N)=O)C(N)=O. The smallest absolute Gasteiger partial charge is 0.328 e. The minimum Gasteiger partial charge on any atom is -0.478 e. The molecular formula is C49H71N15O11. The van der Waals surface area contributed by atoms with Crippen LogP contribution in [0.4, 0.5) is 0 Å². The molecule has 0 aliphatic carbocycles. The van der Waals surface area contributed by atoms with E-state index >= 15 is 0 Å². The van der Waals surface area contributed by atoms with Gasteiger partial charge in [-0.25, -0.2) is 4.79 Å². The number of likely N-dealkylation sites (tertiary alicyclic amines) is 1. The van der Waals surface area contributed by atoms with Gasteiger partial charge in [-0.3, -0.25) is 53.1 Å². The number of primary amides is 2. The van der Waals surface area contributed by atoms with Crippen molar-refractivity contribution in [3.05, 3.63) is 83.9 Å². The maximum atomic E-state index is 14.7. The standard InChI is InChI=1S/C49H71N15O11/c1-28(2)24-34(62-44(72)35(25-29-12-5-3-6-13-29)58-39(66)19-20-40(67)68)43(71)63-36(26-30-14-7-4-8-15-30)45(73)60-32(17-10-22-57-49(54)55)47(75)64-23-11-18-37(64)46(74)59-31(16-9-21-56-48(52)53)42(70)61-33(41(51)69)27-38(50)65/h3-8,12-15,19-20,28,31-37H,9-11,16-18,21-27H2,1-2H3,(H2,50,65)(H2,51,69)(H,58,66)(H,59,74)(H,60,73)(H,61,70)(H,62,72)(H,63,71)(H,67,68)(H4,52,53,56)(H4,54,55,57)/b20-19-/t31-,32-,33-,34-,35-,36-,37-/m0/s1. The van der Waals surface area contributed by atoms with Crippen LogP contribution in [0.3, 0.4) is 0 Å². The zero-order chi connectivity index (χ0) is 55.6. The number of rotatable bonds is 31. The van der Waals surface area contributed by atoms with E-state index in [1.54, 1.807) is 74.5 Å². The first-order valence-corrected chi connectivity index (χ1v) is 24.3. The number of aliphatic imine (C=N–C) groups is 2. The van der Waals surface area contributed by atoms with Crippen molar-refractivity contribution < 1.29 is 53.1 Å². The van der Waals surface area contributed by atoms with Crippen molar-refractivity contribution in [2.75, 3.05) is 19.6 Å². The van der Waals surface area contributed by atoms with Gasteiger partial charge in [-0.05, 0) is 62.0 Å². The van der Waals surface area contributed by atoms with Gasteiger partial charge in [-0.1, -0.05) is 74.5 Å². The number of benzene rings is 2. The quantitative estimate of drug-likeness (QED) is 0.0151. The van der Waals surface area contributed by atoms with Crippen molar-refractivity contribution >= 4 is 71.1 Å². The molecule has 0 bridgehead atoms. The first-order chi connectivity index (χ1) is 35.5. The Labute approximate surface area is 434 Å². The largest absolute Gasteiger partial charge is 0.478 e. The van der Waals surface area contributed by atoms with Gasteiger partial charge in [0.25, 0.3) is 0 Å². The molecule has 0 saturated carbocycles. The van der Waals surface area contributed by atoms with E-state index in [4.69, 9.17) is 39.5 Å². The fourth-order valence-electron chi connectivity index (χ4n) is 8.01. The molecule has 26 nitrogen and oxygen atoms in total. The number of hydrogen-bond acceptors (Lipinski definition) is 12. The molecule has 0 unspecified atom stereocenters. The number of nitrogens with one attached hydrogen (secondary N) is 6. The molecule has 2 aromatic carbocycles. The molecule has 3 rings (SSSR count). The van der Waals surface area contributed by atoms with Gasteiger partial charge in [0.15, 0.2) is 11.9 Å². The lowest BCUT2D eigenvalue weighted by Crippen LogP contribution is -2.60. The van der Waals surface area contributed by atoms with Crippen LogP contribution in [0.25, 0.3) is 0 Å². The van der Waals surface area contributed by atoms with E-state index in [0.29, 0.717) is 23.6 Å². The van der Waals surface area contributed by atoms with Crippen LogP contribution < -0.4 is 66.3 Å². The summed E-state index contributed by atoms with van der Waals surface area (Å²) in [6.07, 6.45) is 1.41. The molecule has 19 N–H and O–H groups in total. The minimum atomic E-state index is -1.50. The third kappa shape index (κ3) is 22.4. The van der Waals surface area contributed by atoms with Crippen LogP contribution in [0.5, 0.6) is 0 Å². The minimum absolute atomic E-state index is 0.0289. The van der Waals surface area contributed by atoms with Crippen LogP contribution in [0.1, 0.15) is 76.3 Å². The molecule has 1 aliphatic heterocycles. The Balaban J connectivity index is 1.96. The van der Waals surface area contributed by atoms with Crippen molar-refractivity contribution in [3.63, 3.8) is 0 Å². The van der Waals surface area contributed by atoms with Gasteiger partial charge < -0.3 is 76.3 Å². The lowest BCUT2D eigenvalue weighted by molar-refractivity contribution is -0.142. The number of carboxylic acid groups (broad SMARTS) is 1. The predicted molar refractivity (Wildman–Crippen MR) is 276 cm³/mol. The summed E-state index contributed by atoms with van der Waals surface area (Å²) in [5.41, 5.74) is 33.9. The van der Waals surface area contributed by atoms with E-state index in [0.717, 1.165) is 6.08 Å². The molecule has 1 saturated heterocycles. The molecule has 1 heterocycles. The molecular weight excluding hydrogens is 975 g/mol. The number of hydrogen-bond donors (Lipinski definition) is 13. The normalized spacial score (nSPS) is 15.4. The van der Waals surface area contributed by atoms with Crippen LogP contribution in [-0.4, -0.2) is 143 Å². The summed E-state index contributed by atoms with van der Waals surface area (Å²) in [6.45, 7) is 3.78. The molecule has 0 radical (unpaired) electrons. The maximum absolute atomic E-state index is 14.7. The number of nitrogens with two attached hydrogens (primary N) is 6. The third-order valence-corrected chi connectivity index (χ3v) is 11.6. The van der Waals surface area contributed by atoms with Crippen LogP contribution in [-0.2, 0) is 60.8 Å². The summed E-state index contributed by atoms with van der Waals surface area (Å²) >= 11 is 0. The van der Waals surface area contributed by atoms with E-state index in [1.165, 1.54) is 4.90 Å². The average molecular weight is 1050 g/mol. The van der Waals surface area contributed by atoms with E-state index in [1.807, 2.05) is 0 Å². The molecule has 7 atom stereocenters. The molecule has 0 aromatic heterocycles. The van der Waals surface area contributed by atoms with Crippen LogP contribution in [0, 0.1) is 5.92 Å². The Morgan fingerprint density at radius 3 is 1.57 bits per heavy atom. The molecule has 1 aliphatic rings. The number of nitrogens with zero attached hydrogens (tertiary/aromatic N) is 3. The second-order valence-electron chi connectivity index (χ2n) is 18.2. The Hall–Kier alpha value is -8.58. The van der Waals surface area contributed by atoms with Crippen molar-refractivity contribution in [1.29, 1.82) is 0 Å². The molecule has 75 heavy (non-hydrogen) atoms. The van der Waals surface area contributed by atoms with Crippen molar-refractivity contribution in [3.8, 4) is 0 Å². The molecule has 9 amide bonds. The second kappa shape index (κ2) is 31.1. The van der Waals surface area contributed by atoms with Gasteiger partial charge >= 0.3 is 5.97 Å². The number of carbonyl (C=O) groups is 10. The number of amides is 9. The Kier molecular flexibility index (Phi) is 25.2. The Bertz CT molecular complexity index is 2390. The van der Waals surface area contributed by atoms with Crippen molar-refractivity contribution in [1.82, 2.24) is 36.8 Å². The zero-order valence-electron chi connectivity index (χ0n) is 42.1. The fourth-order valence-corrected chi connectivity index (χ4v) is 8.01. The van der Waals surface area contributed by atoms with Crippen LogP contribution in [0.15, 0.2) is 82.8 Å². The first kappa shape index (κ1) is 60.7. The fraction of sp³-hybridized carbons (Fsp3) is 0.469. The van der Waals surface area contributed by atoms with Gasteiger partial charge in [0.1, 0.15) is 42.3 Å². The van der Waals surface area contributed by atoms with Gasteiger partial charge in [0, 0.05) is 44.6 Å². The van der Waals surface area contributed by atoms with E-state index < -0.39 is 108 Å². The topological polar surface area (TPSA) is 447 Å². The molecule has 0 spiro atoms. The van der Waals surface area contributed by atoms with Crippen LogP contribution in [0.2, 0.25) is 0 Å². The summed E-state index contributed by atoms with van der Waals surface area (Å²) in [5, 5.41) is 24.8. The third-order valence-electron chi connectivity index (χ3n) is 11.6. The second-order valence-corrected chi connectivity index (χ2v) is 18.2. The average Bonchev–Trinajstić information content (AvgIpc) is 3.85. The first-order valence-electron chi connectivity index (χ1n) is 24.3. The highest BCUT2D eigenvalue weighted by Crippen LogP contribution is 2.21. The summed E-state index contributed by atoms with van der Waals surface area (Å²) in [5.74, 6) is -9.54. The van der Waals surface area contributed by atoms with Gasteiger partial charge in [0.2, 0.25) is 53.2 Å². The maximum Gasteiger partial charge on any atom is 0.328 e. The van der Waals surface area contributed by atoms with Gasteiger partial charge in [-0.2, -0.15) is 0 Å². The summed E-state index contributed by atoms with van der Waals surface area (Å²) < 4.78 is 0. The highest BCUT2D eigenvalue weighted by Gasteiger charge is 2.40. The number of carboxylic acids is 1. The van der Waals surface area contributed by atoms with E-state index in [9.17, 15) is 47.9 Å². The highest BCUT2D eigenvalue weighted by molar-refractivity contribution is 5.99. The summed E-state index contributed by atoms with van der Waals surface area (Å²) in [7, 11) is 0. The summed E-state index contributed by atoms with van der Waals surface area (Å²) in [6, 6.07) is 8.08. The molecule has 1 fully saturated rings. The number of carbonyl (C=O) groups excluding carboxylic acids is 9. The van der Waals surface area contributed by atoms with Crippen molar-refractivity contribution in [2.45, 2.75) is 120 Å². The highest BCUT2D eigenvalue weighted by atomic mass is 16.4. The number of guanidine groups is 2. The Morgan fingerprint density at radius 2 is 1.08 bits per heavy atom. The lowest BCUT2D eigenvalue weighted by atomic mass is 9.99. The summed E-state index contributed by atoms with van der Waals surface area (Å²) in [4.78, 5) is 142. The zero-order valence-corrected chi connectivity index (χ0v) is 42.1. The monoisotopic (exact) mass is 1050 g/mol. The Morgan fingerprint density at radius 1 is 0.613 bits per heavy atom. The van der Waals surface area contributed by atoms with Crippen LogP contribution >= 0.6 is 0 Å². The predicted octanol–water partition coefficient (Wildman–Crippen LogP) is -3.47.